The van der Waals surface area contributed by atoms with Crippen molar-refractivity contribution in [1.29, 1.82) is 10.5 Å². The average molecular weight is 575 g/mol. The quantitative estimate of drug-likeness (QED) is 0.183. The van der Waals surface area contributed by atoms with Gasteiger partial charge in [-0.15, -0.1) is 23.1 Å². The molecule has 7 nitrogen and oxygen atoms in total. The zero-order valence-corrected chi connectivity index (χ0v) is 24.1. The number of rotatable bonds is 8. The Hall–Kier alpha value is -4.70. The van der Waals surface area contributed by atoms with Crippen LogP contribution in [0.2, 0.25) is 0 Å². The Morgan fingerprint density at radius 3 is 2.39 bits per heavy atom. The van der Waals surface area contributed by atoms with Crippen LogP contribution in [0.5, 0.6) is 0 Å². The molecule has 0 bridgehead atoms. The third-order valence-corrected chi connectivity index (χ3v) is 8.38. The number of benzene rings is 3. The molecule has 2 aromatic heterocycles. The van der Waals surface area contributed by atoms with E-state index in [-0.39, 0.29) is 29.3 Å². The minimum Gasteiger partial charge on any atom is -0.383 e. The molecule has 0 aliphatic heterocycles. The second-order valence-corrected chi connectivity index (χ2v) is 11.6. The number of pyridine rings is 1. The van der Waals surface area contributed by atoms with E-state index < -0.39 is 0 Å². The van der Waals surface area contributed by atoms with E-state index in [4.69, 9.17) is 5.73 Å². The molecule has 2 heterocycles. The van der Waals surface area contributed by atoms with Crippen LogP contribution in [-0.4, -0.2) is 21.6 Å². The van der Waals surface area contributed by atoms with E-state index in [1.807, 2.05) is 47.8 Å². The highest BCUT2D eigenvalue weighted by Crippen LogP contribution is 2.36. The average Bonchev–Trinajstić information content (AvgIpc) is 3.45. The summed E-state index contributed by atoms with van der Waals surface area (Å²) >= 11 is 2.63. The highest BCUT2D eigenvalue weighted by Gasteiger charge is 2.21. The number of nitrogens with two attached hydrogens (primary N) is 1. The number of carbonyl (C=O) groups is 1. The molecule has 5 aromatic rings. The number of anilines is 2. The number of fused-ring (bicyclic) bond motifs is 1. The fourth-order valence-electron chi connectivity index (χ4n) is 4.46. The molecule has 0 radical (unpaired) electrons. The van der Waals surface area contributed by atoms with Crippen LogP contribution in [0, 0.1) is 22.7 Å². The van der Waals surface area contributed by atoms with Crippen molar-refractivity contribution in [2.45, 2.75) is 31.2 Å². The molecule has 1 amide bonds. The monoisotopic (exact) mass is 574 g/mol. The van der Waals surface area contributed by atoms with Crippen molar-refractivity contribution in [3.8, 4) is 34.5 Å². The lowest BCUT2D eigenvalue weighted by Crippen LogP contribution is -2.12. The number of thiazole rings is 1. The summed E-state index contributed by atoms with van der Waals surface area (Å²) in [6.45, 7) is 4.20. The molecule has 0 saturated heterocycles. The number of carbonyl (C=O) groups excluding carboxylic acids is 1. The molecule has 0 spiro atoms. The first-order chi connectivity index (χ1) is 19.9. The number of thioether (sulfide) groups is 1. The first-order valence-corrected chi connectivity index (χ1v) is 14.9. The molecule has 202 valence electrons. The Bertz CT molecular complexity index is 1830. The Morgan fingerprint density at radius 2 is 1.68 bits per heavy atom. The number of hydrogen-bond acceptors (Lipinski definition) is 8. The fraction of sp³-hybridized carbons (Fsp3) is 0.156. The smallest absolute Gasteiger partial charge is 0.226 e. The normalized spacial score (nSPS) is 10.9. The van der Waals surface area contributed by atoms with Gasteiger partial charge in [0.1, 0.15) is 28.5 Å². The topological polar surface area (TPSA) is 128 Å². The lowest BCUT2D eigenvalue weighted by molar-refractivity contribution is -0.115. The highest BCUT2D eigenvalue weighted by molar-refractivity contribution is 7.99. The summed E-state index contributed by atoms with van der Waals surface area (Å²) in [6.07, 6.45) is 0.181. The maximum atomic E-state index is 12.7. The zero-order chi connectivity index (χ0) is 28.9. The summed E-state index contributed by atoms with van der Waals surface area (Å²) in [6, 6.07) is 26.4. The lowest BCUT2D eigenvalue weighted by atomic mass is 9.94. The van der Waals surface area contributed by atoms with Crippen LogP contribution in [0.3, 0.4) is 0 Å². The lowest BCUT2D eigenvalue weighted by Gasteiger charge is -2.14. The molecule has 3 aromatic carbocycles. The minimum atomic E-state index is -0.193. The predicted octanol–water partition coefficient (Wildman–Crippen LogP) is 7.60. The van der Waals surface area contributed by atoms with Crippen molar-refractivity contribution in [3.05, 3.63) is 88.8 Å². The third-order valence-electron chi connectivity index (χ3n) is 6.65. The fourth-order valence-corrected chi connectivity index (χ4v) is 6.13. The second-order valence-electron chi connectivity index (χ2n) is 9.67. The van der Waals surface area contributed by atoms with Crippen molar-refractivity contribution in [2.75, 3.05) is 16.8 Å². The first kappa shape index (κ1) is 27.9. The molecule has 41 heavy (non-hydrogen) atoms. The Balaban J connectivity index is 1.28. The number of nitrogens with one attached hydrogen (secondary N) is 1. The minimum absolute atomic E-state index is 0.0605. The van der Waals surface area contributed by atoms with E-state index in [0.29, 0.717) is 27.4 Å². The maximum absolute atomic E-state index is 12.7. The van der Waals surface area contributed by atoms with Gasteiger partial charge >= 0.3 is 0 Å². The Kier molecular flexibility index (Phi) is 8.30. The van der Waals surface area contributed by atoms with E-state index in [0.717, 1.165) is 33.2 Å². The van der Waals surface area contributed by atoms with Gasteiger partial charge < -0.3 is 11.1 Å². The summed E-state index contributed by atoms with van der Waals surface area (Å²) in [5, 5.41) is 27.8. The summed E-state index contributed by atoms with van der Waals surface area (Å²) < 4.78 is 0. The number of nitriles is 2. The standard InChI is InChI=1S/C32H26N6OS2/c1-19(2)20-7-10-22(11-8-20)29-25(16-33)30(35)38-31(26(29)17-34)40-14-13-28(39)37-32-36-27(18-41-32)24-12-9-21-5-3-4-6-23(21)15-24/h3-12,15,18-19H,13-14H2,1-2H3,(H2,35,38)(H,36,37,39). The number of hydrogen-bond donors (Lipinski definition) is 2. The van der Waals surface area contributed by atoms with Crippen LogP contribution >= 0.6 is 23.1 Å². The molecule has 5 rings (SSSR count). The molecule has 0 unspecified atom stereocenters. The van der Waals surface area contributed by atoms with Crippen molar-refractivity contribution >= 4 is 50.7 Å². The van der Waals surface area contributed by atoms with Crippen LogP contribution in [0.4, 0.5) is 10.9 Å². The number of amides is 1. The van der Waals surface area contributed by atoms with Gasteiger partial charge in [-0.2, -0.15) is 10.5 Å². The molecule has 0 aliphatic rings. The Morgan fingerprint density at radius 1 is 0.976 bits per heavy atom. The van der Waals surface area contributed by atoms with Crippen molar-refractivity contribution < 1.29 is 4.79 Å². The van der Waals surface area contributed by atoms with Gasteiger partial charge in [0.2, 0.25) is 5.91 Å². The van der Waals surface area contributed by atoms with Gasteiger partial charge in [-0.25, -0.2) is 9.97 Å². The van der Waals surface area contributed by atoms with Crippen LogP contribution in [0.15, 0.2) is 77.1 Å². The molecular weight excluding hydrogens is 549 g/mol. The summed E-state index contributed by atoms with van der Waals surface area (Å²) in [5.41, 5.74) is 10.7. The van der Waals surface area contributed by atoms with Gasteiger partial charge in [-0.05, 0) is 33.9 Å². The maximum Gasteiger partial charge on any atom is 0.226 e. The largest absolute Gasteiger partial charge is 0.383 e. The van der Waals surface area contributed by atoms with Gasteiger partial charge in [0.05, 0.1) is 11.3 Å². The van der Waals surface area contributed by atoms with Crippen LogP contribution in [0.1, 0.15) is 42.9 Å². The molecule has 0 saturated carbocycles. The molecular formula is C32H26N6OS2. The van der Waals surface area contributed by atoms with Gasteiger partial charge in [0, 0.05) is 28.7 Å². The van der Waals surface area contributed by atoms with Crippen molar-refractivity contribution in [2.24, 2.45) is 0 Å². The Labute approximate surface area is 246 Å². The van der Waals surface area contributed by atoms with Crippen LogP contribution < -0.4 is 11.1 Å². The first-order valence-electron chi connectivity index (χ1n) is 13.0. The molecule has 0 fully saturated rings. The highest BCUT2D eigenvalue weighted by atomic mass is 32.2. The van der Waals surface area contributed by atoms with E-state index in [2.05, 4.69) is 65.5 Å². The van der Waals surface area contributed by atoms with Gasteiger partial charge in [0.25, 0.3) is 0 Å². The number of aromatic nitrogens is 2. The molecule has 9 heteroatoms. The SMILES string of the molecule is CC(C)c1ccc(-c2c(C#N)c(N)nc(SCCC(=O)Nc3nc(-c4ccc5ccccc5c4)cs3)c2C#N)cc1. The zero-order valence-electron chi connectivity index (χ0n) is 22.5. The molecule has 0 atom stereocenters. The second kappa shape index (κ2) is 12.2. The van der Waals surface area contributed by atoms with E-state index in [9.17, 15) is 15.3 Å². The van der Waals surface area contributed by atoms with Gasteiger partial charge in [-0.1, -0.05) is 74.5 Å². The predicted molar refractivity (Wildman–Crippen MR) is 167 cm³/mol. The number of nitrogens with zero attached hydrogens (tertiary/aromatic N) is 4. The van der Waals surface area contributed by atoms with E-state index in [1.165, 1.54) is 23.1 Å². The van der Waals surface area contributed by atoms with Crippen LogP contribution in [-0.2, 0) is 4.79 Å². The number of nitrogen functional groups attached to an aromatic ring is 1. The van der Waals surface area contributed by atoms with Crippen molar-refractivity contribution in [3.63, 3.8) is 0 Å². The summed E-state index contributed by atoms with van der Waals surface area (Å²) in [4.78, 5) is 21.6. The van der Waals surface area contributed by atoms with E-state index in [1.54, 1.807) is 0 Å². The molecule has 3 N–H and O–H groups in total. The van der Waals surface area contributed by atoms with Gasteiger partial charge in [0.15, 0.2) is 5.13 Å². The van der Waals surface area contributed by atoms with Crippen molar-refractivity contribution in [1.82, 2.24) is 9.97 Å². The third kappa shape index (κ3) is 6.07. The van der Waals surface area contributed by atoms with Crippen LogP contribution in [0.25, 0.3) is 33.2 Å². The molecule has 0 aliphatic carbocycles. The van der Waals surface area contributed by atoms with Gasteiger partial charge in [-0.3, -0.25) is 4.79 Å². The van der Waals surface area contributed by atoms with E-state index >= 15 is 0 Å². The summed E-state index contributed by atoms with van der Waals surface area (Å²) in [7, 11) is 0. The summed E-state index contributed by atoms with van der Waals surface area (Å²) in [5.74, 6) is 0.587.